The van der Waals surface area contributed by atoms with Gasteiger partial charge in [-0.25, -0.2) is 0 Å². The van der Waals surface area contributed by atoms with Crippen LogP contribution in [-0.2, 0) is 17.6 Å². The smallest absolute Gasteiger partial charge is 0.236 e. The number of hydrogen-bond donors (Lipinski definition) is 1. The van der Waals surface area contributed by atoms with Crippen LogP contribution >= 0.6 is 11.3 Å². The van der Waals surface area contributed by atoms with Crippen molar-refractivity contribution in [1.29, 1.82) is 0 Å². The molecule has 0 saturated heterocycles. The van der Waals surface area contributed by atoms with Gasteiger partial charge in [0.1, 0.15) is 0 Å². The van der Waals surface area contributed by atoms with Gasteiger partial charge in [-0.2, -0.15) is 0 Å². The second-order valence-electron chi connectivity index (χ2n) is 5.20. The van der Waals surface area contributed by atoms with Crippen LogP contribution in [0.5, 0.6) is 0 Å². The zero-order valence-corrected chi connectivity index (χ0v) is 12.3. The Hall–Kier alpha value is -0.870. The van der Waals surface area contributed by atoms with E-state index in [0.717, 1.165) is 0 Å². The van der Waals surface area contributed by atoms with Crippen molar-refractivity contribution in [3.63, 3.8) is 0 Å². The third kappa shape index (κ3) is 3.12. The lowest BCUT2D eigenvalue weighted by molar-refractivity contribution is -0.127. The predicted molar refractivity (Wildman–Crippen MR) is 76.1 cm³/mol. The molecule has 0 aliphatic heterocycles. The molecule has 18 heavy (non-hydrogen) atoms. The highest BCUT2D eigenvalue weighted by atomic mass is 32.1. The van der Waals surface area contributed by atoms with Crippen LogP contribution in [0.15, 0.2) is 6.07 Å². The van der Waals surface area contributed by atoms with E-state index >= 15 is 0 Å². The molecule has 0 aromatic carbocycles. The van der Waals surface area contributed by atoms with E-state index in [1.54, 1.807) is 23.9 Å². The standard InChI is InChI=1S/C14H22N2OS/c1-10(15-9-14(17)16(2)3)13-8-11-6-4-5-7-12(11)18-13/h8,10,15H,4-7,9H2,1-3H3. The molecule has 4 heteroatoms. The zero-order chi connectivity index (χ0) is 13.1. The van der Waals surface area contributed by atoms with Crippen LogP contribution in [0, 0.1) is 0 Å². The number of rotatable bonds is 4. The lowest BCUT2D eigenvalue weighted by atomic mass is 9.99. The van der Waals surface area contributed by atoms with E-state index in [9.17, 15) is 4.79 Å². The Morgan fingerprint density at radius 2 is 2.17 bits per heavy atom. The summed E-state index contributed by atoms with van der Waals surface area (Å²) in [7, 11) is 3.58. The number of nitrogens with one attached hydrogen (secondary N) is 1. The van der Waals surface area contributed by atoms with Gasteiger partial charge in [0.15, 0.2) is 0 Å². The van der Waals surface area contributed by atoms with Gasteiger partial charge in [0.05, 0.1) is 6.54 Å². The number of amides is 1. The molecular formula is C14H22N2OS. The number of likely N-dealkylation sites (N-methyl/N-ethyl adjacent to an activating group) is 1. The molecule has 100 valence electrons. The fourth-order valence-electron chi connectivity index (χ4n) is 2.23. The molecule has 0 saturated carbocycles. The summed E-state index contributed by atoms with van der Waals surface area (Å²) in [6.45, 7) is 2.55. The van der Waals surface area contributed by atoms with E-state index in [1.165, 1.54) is 36.1 Å². The fourth-order valence-corrected chi connectivity index (χ4v) is 3.51. The van der Waals surface area contributed by atoms with Gasteiger partial charge in [-0.05, 0) is 44.2 Å². The van der Waals surface area contributed by atoms with Crippen LogP contribution in [0.2, 0.25) is 0 Å². The maximum absolute atomic E-state index is 11.5. The van der Waals surface area contributed by atoms with Gasteiger partial charge in [0, 0.05) is 29.9 Å². The summed E-state index contributed by atoms with van der Waals surface area (Å²) >= 11 is 1.92. The van der Waals surface area contributed by atoms with Crippen molar-refractivity contribution in [1.82, 2.24) is 10.2 Å². The van der Waals surface area contributed by atoms with Crippen molar-refractivity contribution in [2.75, 3.05) is 20.6 Å². The molecule has 0 radical (unpaired) electrons. The third-order valence-corrected chi connectivity index (χ3v) is 4.92. The molecular weight excluding hydrogens is 244 g/mol. The minimum atomic E-state index is 0.128. The van der Waals surface area contributed by atoms with Crippen molar-refractivity contribution in [3.8, 4) is 0 Å². The topological polar surface area (TPSA) is 32.3 Å². The molecule has 1 N–H and O–H groups in total. The van der Waals surface area contributed by atoms with Crippen LogP contribution in [0.1, 0.15) is 41.1 Å². The van der Waals surface area contributed by atoms with E-state index in [0.29, 0.717) is 6.54 Å². The summed E-state index contributed by atoms with van der Waals surface area (Å²) in [6.07, 6.45) is 5.12. The molecule has 1 unspecified atom stereocenters. The number of aryl methyl sites for hydroxylation is 2. The molecule has 0 spiro atoms. The first-order valence-corrected chi connectivity index (χ1v) is 7.44. The minimum Gasteiger partial charge on any atom is -0.348 e. The molecule has 1 heterocycles. The first kappa shape index (κ1) is 13.6. The second-order valence-corrected chi connectivity index (χ2v) is 6.36. The van der Waals surface area contributed by atoms with Gasteiger partial charge in [0.25, 0.3) is 0 Å². The SMILES string of the molecule is CC(NCC(=O)N(C)C)c1cc2c(s1)CCCC2. The first-order valence-electron chi connectivity index (χ1n) is 6.63. The molecule has 1 aromatic heterocycles. The summed E-state index contributed by atoms with van der Waals surface area (Å²) in [5.41, 5.74) is 1.54. The quantitative estimate of drug-likeness (QED) is 0.907. The van der Waals surface area contributed by atoms with Gasteiger partial charge in [-0.1, -0.05) is 0 Å². The lowest BCUT2D eigenvalue weighted by Gasteiger charge is -2.14. The van der Waals surface area contributed by atoms with Gasteiger partial charge in [-0.15, -0.1) is 11.3 Å². The molecule has 1 atom stereocenters. The number of nitrogens with zero attached hydrogens (tertiary/aromatic N) is 1. The Morgan fingerprint density at radius 1 is 1.44 bits per heavy atom. The van der Waals surface area contributed by atoms with Crippen molar-refractivity contribution in [2.24, 2.45) is 0 Å². The molecule has 3 nitrogen and oxygen atoms in total. The van der Waals surface area contributed by atoms with E-state index < -0.39 is 0 Å². The Balaban J connectivity index is 1.94. The number of hydrogen-bond acceptors (Lipinski definition) is 3. The van der Waals surface area contributed by atoms with Gasteiger partial charge in [-0.3, -0.25) is 4.79 Å². The minimum absolute atomic E-state index is 0.128. The summed E-state index contributed by atoms with van der Waals surface area (Å²) < 4.78 is 0. The predicted octanol–water partition coefficient (Wildman–Crippen LogP) is 2.37. The van der Waals surface area contributed by atoms with Crippen molar-refractivity contribution >= 4 is 17.2 Å². The average molecular weight is 266 g/mol. The van der Waals surface area contributed by atoms with E-state index in [4.69, 9.17) is 0 Å². The van der Waals surface area contributed by atoms with Crippen LogP contribution in [0.25, 0.3) is 0 Å². The van der Waals surface area contributed by atoms with E-state index in [1.807, 2.05) is 11.3 Å². The normalized spacial score (nSPS) is 16.2. The summed E-state index contributed by atoms with van der Waals surface area (Å²) in [5.74, 6) is 0.128. The molecule has 0 fully saturated rings. The average Bonchev–Trinajstić information content (AvgIpc) is 2.79. The molecule has 1 aromatic rings. The largest absolute Gasteiger partial charge is 0.348 e. The maximum Gasteiger partial charge on any atom is 0.236 e. The summed E-state index contributed by atoms with van der Waals surface area (Å²) in [5, 5.41) is 3.31. The highest BCUT2D eigenvalue weighted by Gasteiger charge is 2.17. The Bertz CT molecular complexity index is 402. The van der Waals surface area contributed by atoms with E-state index in [-0.39, 0.29) is 11.9 Å². The number of carbonyl (C=O) groups excluding carboxylic acids is 1. The monoisotopic (exact) mass is 266 g/mol. The van der Waals surface area contributed by atoms with Gasteiger partial charge >= 0.3 is 0 Å². The van der Waals surface area contributed by atoms with Crippen molar-refractivity contribution in [3.05, 3.63) is 21.4 Å². The highest BCUT2D eigenvalue weighted by molar-refractivity contribution is 7.12. The third-order valence-electron chi connectivity index (χ3n) is 3.50. The number of fused-ring (bicyclic) bond motifs is 1. The van der Waals surface area contributed by atoms with Crippen LogP contribution in [-0.4, -0.2) is 31.4 Å². The van der Waals surface area contributed by atoms with Crippen molar-refractivity contribution in [2.45, 2.75) is 38.6 Å². The summed E-state index contributed by atoms with van der Waals surface area (Å²) in [6, 6.07) is 2.60. The first-order chi connectivity index (χ1) is 8.58. The molecule has 1 aliphatic carbocycles. The fraction of sp³-hybridized carbons (Fsp3) is 0.643. The van der Waals surface area contributed by atoms with Gasteiger partial charge < -0.3 is 10.2 Å². The summed E-state index contributed by atoms with van der Waals surface area (Å²) in [4.78, 5) is 16.1. The Labute approximate surface area is 113 Å². The molecule has 1 aliphatic rings. The van der Waals surface area contributed by atoms with Crippen LogP contribution in [0.3, 0.4) is 0 Å². The Kier molecular flexibility index (Phi) is 4.40. The maximum atomic E-state index is 11.5. The van der Waals surface area contributed by atoms with E-state index in [2.05, 4.69) is 18.3 Å². The molecule has 2 rings (SSSR count). The highest BCUT2D eigenvalue weighted by Crippen LogP contribution is 2.32. The molecule has 0 bridgehead atoms. The zero-order valence-electron chi connectivity index (χ0n) is 11.5. The lowest BCUT2D eigenvalue weighted by Crippen LogP contribution is -2.34. The number of carbonyl (C=O) groups is 1. The Morgan fingerprint density at radius 3 is 2.83 bits per heavy atom. The second kappa shape index (κ2) is 5.85. The molecule has 1 amide bonds. The number of thiophene rings is 1. The van der Waals surface area contributed by atoms with Crippen LogP contribution in [0.4, 0.5) is 0 Å². The van der Waals surface area contributed by atoms with Crippen LogP contribution < -0.4 is 5.32 Å². The van der Waals surface area contributed by atoms with Gasteiger partial charge in [0.2, 0.25) is 5.91 Å². The van der Waals surface area contributed by atoms with Crippen molar-refractivity contribution < 1.29 is 4.79 Å².